The molecular formula is C7H10O. The Morgan fingerprint density at radius 2 is 2.38 bits per heavy atom. The van der Waals surface area contributed by atoms with Gasteiger partial charge in [0.15, 0.2) is 0 Å². The minimum absolute atomic E-state index is 0.976. The fourth-order valence-corrected chi connectivity index (χ4v) is 1.12. The van der Waals surface area contributed by atoms with E-state index >= 15 is 0 Å². The normalized spacial score (nSPS) is 25.8. The van der Waals surface area contributed by atoms with Crippen molar-refractivity contribution >= 4 is 0 Å². The van der Waals surface area contributed by atoms with Crippen LogP contribution >= 0.6 is 0 Å². The van der Waals surface area contributed by atoms with Crippen LogP contribution in [0.15, 0.2) is 12.0 Å². The molecule has 2 rings (SSSR count). The van der Waals surface area contributed by atoms with Crippen molar-refractivity contribution in [3.63, 3.8) is 0 Å². The highest BCUT2D eigenvalue weighted by molar-refractivity contribution is 5.04. The molecule has 2 aliphatic rings. The second kappa shape index (κ2) is 1.51. The zero-order valence-corrected chi connectivity index (χ0v) is 4.89. The summed E-state index contributed by atoms with van der Waals surface area (Å²) in [7, 11) is 0. The molecule has 1 aliphatic heterocycles. The minimum Gasteiger partial charge on any atom is -0.463 e. The lowest BCUT2D eigenvalue weighted by molar-refractivity contribution is 0.295. The third-order valence-corrected chi connectivity index (χ3v) is 2.00. The molecule has 1 saturated carbocycles. The second-order valence-corrected chi connectivity index (χ2v) is 2.70. The van der Waals surface area contributed by atoms with Crippen molar-refractivity contribution in [2.24, 2.45) is 5.92 Å². The fourth-order valence-electron chi connectivity index (χ4n) is 1.12. The van der Waals surface area contributed by atoms with Crippen molar-refractivity contribution in [2.75, 3.05) is 0 Å². The first kappa shape index (κ1) is 4.42. The smallest absolute Gasteiger partial charge is 0.139 e. The van der Waals surface area contributed by atoms with Gasteiger partial charge in [0.1, 0.15) is 12.0 Å². The van der Waals surface area contributed by atoms with E-state index in [9.17, 15) is 0 Å². The van der Waals surface area contributed by atoms with Crippen LogP contribution < -0.4 is 0 Å². The summed E-state index contributed by atoms with van der Waals surface area (Å²) >= 11 is 0. The molecule has 0 radical (unpaired) electrons. The lowest BCUT2D eigenvalue weighted by atomic mass is 9.83. The summed E-state index contributed by atoms with van der Waals surface area (Å²) in [6, 6.07) is 0. The molecule has 1 aliphatic carbocycles. The SMILES string of the molecule is C1=C(CC2CCC2)O1. The Balaban J connectivity index is 1.74. The molecule has 1 heterocycles. The highest BCUT2D eigenvalue weighted by Gasteiger charge is 2.22. The topological polar surface area (TPSA) is 12.5 Å². The van der Waals surface area contributed by atoms with E-state index in [1.165, 1.54) is 31.4 Å². The van der Waals surface area contributed by atoms with Crippen molar-refractivity contribution < 1.29 is 4.74 Å². The molecule has 0 bridgehead atoms. The van der Waals surface area contributed by atoms with E-state index in [-0.39, 0.29) is 0 Å². The van der Waals surface area contributed by atoms with Gasteiger partial charge >= 0.3 is 0 Å². The van der Waals surface area contributed by atoms with E-state index in [4.69, 9.17) is 4.74 Å². The van der Waals surface area contributed by atoms with Gasteiger partial charge in [0.25, 0.3) is 0 Å². The quantitative estimate of drug-likeness (QED) is 0.530. The highest BCUT2D eigenvalue weighted by atomic mass is 16.5. The van der Waals surface area contributed by atoms with Gasteiger partial charge in [-0.05, 0) is 5.92 Å². The van der Waals surface area contributed by atoms with Gasteiger partial charge in [-0.3, -0.25) is 0 Å². The van der Waals surface area contributed by atoms with Crippen LogP contribution in [0, 0.1) is 5.92 Å². The zero-order valence-electron chi connectivity index (χ0n) is 4.89. The van der Waals surface area contributed by atoms with Crippen LogP contribution in [0.5, 0.6) is 0 Å². The van der Waals surface area contributed by atoms with Crippen molar-refractivity contribution in [3.8, 4) is 0 Å². The molecule has 1 nitrogen and oxygen atoms in total. The van der Waals surface area contributed by atoms with Gasteiger partial charge in [-0.1, -0.05) is 19.3 Å². The van der Waals surface area contributed by atoms with Crippen molar-refractivity contribution in [3.05, 3.63) is 12.0 Å². The Hall–Kier alpha value is -0.460. The van der Waals surface area contributed by atoms with Crippen LogP contribution in [0.25, 0.3) is 0 Å². The molecule has 0 aromatic rings. The summed E-state index contributed by atoms with van der Waals surface area (Å²) < 4.78 is 4.91. The molecular weight excluding hydrogens is 100 g/mol. The van der Waals surface area contributed by atoms with Gasteiger partial charge < -0.3 is 4.74 Å². The third kappa shape index (κ3) is 0.726. The largest absolute Gasteiger partial charge is 0.463 e. The van der Waals surface area contributed by atoms with Crippen molar-refractivity contribution in [1.82, 2.24) is 0 Å². The van der Waals surface area contributed by atoms with Crippen molar-refractivity contribution in [2.45, 2.75) is 25.7 Å². The van der Waals surface area contributed by atoms with Crippen LogP contribution in [-0.2, 0) is 4.74 Å². The fraction of sp³-hybridized carbons (Fsp3) is 0.714. The molecule has 0 amide bonds. The summed E-state index contributed by atoms with van der Waals surface area (Å²) in [5.41, 5.74) is 0. The Morgan fingerprint density at radius 1 is 1.62 bits per heavy atom. The van der Waals surface area contributed by atoms with Crippen LogP contribution in [-0.4, -0.2) is 0 Å². The first-order valence-electron chi connectivity index (χ1n) is 3.31. The Morgan fingerprint density at radius 3 is 2.75 bits per heavy atom. The molecule has 0 saturated heterocycles. The molecule has 0 unspecified atom stereocenters. The lowest BCUT2D eigenvalue weighted by Gasteiger charge is -2.22. The zero-order chi connectivity index (χ0) is 5.40. The van der Waals surface area contributed by atoms with Gasteiger partial charge in [0.05, 0.1) is 0 Å². The highest BCUT2D eigenvalue weighted by Crippen LogP contribution is 2.35. The van der Waals surface area contributed by atoms with Crippen LogP contribution in [0.3, 0.4) is 0 Å². The van der Waals surface area contributed by atoms with E-state index in [1.807, 2.05) is 6.26 Å². The van der Waals surface area contributed by atoms with Gasteiger partial charge in [0, 0.05) is 6.42 Å². The lowest BCUT2D eigenvalue weighted by Crippen LogP contribution is -2.09. The molecule has 44 valence electrons. The monoisotopic (exact) mass is 110 g/mol. The van der Waals surface area contributed by atoms with Crippen LogP contribution in [0.4, 0.5) is 0 Å². The van der Waals surface area contributed by atoms with E-state index in [1.54, 1.807) is 0 Å². The van der Waals surface area contributed by atoms with Gasteiger partial charge in [0.2, 0.25) is 0 Å². The summed E-state index contributed by atoms with van der Waals surface area (Å²) in [5.74, 6) is 2.21. The summed E-state index contributed by atoms with van der Waals surface area (Å²) in [6.45, 7) is 0. The second-order valence-electron chi connectivity index (χ2n) is 2.70. The molecule has 1 fully saturated rings. The summed E-state index contributed by atoms with van der Waals surface area (Å²) in [4.78, 5) is 0. The maximum Gasteiger partial charge on any atom is 0.139 e. The van der Waals surface area contributed by atoms with Crippen molar-refractivity contribution in [1.29, 1.82) is 0 Å². The van der Waals surface area contributed by atoms with Gasteiger partial charge in [-0.25, -0.2) is 0 Å². The van der Waals surface area contributed by atoms with Gasteiger partial charge in [-0.2, -0.15) is 0 Å². The third-order valence-electron chi connectivity index (χ3n) is 2.00. The maximum absolute atomic E-state index is 4.91. The maximum atomic E-state index is 4.91. The molecule has 0 aromatic carbocycles. The van der Waals surface area contributed by atoms with Crippen LogP contribution in [0.2, 0.25) is 0 Å². The van der Waals surface area contributed by atoms with E-state index in [0.717, 1.165) is 5.92 Å². The molecule has 0 N–H and O–H groups in total. The number of hydrogen-bond donors (Lipinski definition) is 0. The van der Waals surface area contributed by atoms with E-state index in [2.05, 4.69) is 0 Å². The molecule has 0 aromatic heterocycles. The number of ether oxygens (including phenoxy) is 1. The van der Waals surface area contributed by atoms with E-state index < -0.39 is 0 Å². The molecule has 0 atom stereocenters. The predicted octanol–water partition coefficient (Wildman–Crippen LogP) is 2.05. The van der Waals surface area contributed by atoms with Gasteiger partial charge in [-0.15, -0.1) is 0 Å². The number of allylic oxidation sites excluding steroid dienone is 1. The molecule has 1 heteroatoms. The number of hydrogen-bond acceptors (Lipinski definition) is 1. The minimum atomic E-state index is 0.976. The average molecular weight is 110 g/mol. The summed E-state index contributed by atoms with van der Waals surface area (Å²) in [6.07, 6.45) is 7.39. The number of rotatable bonds is 2. The Bertz CT molecular complexity index is 122. The standard InChI is InChI=1S/C7H10O/c1-2-6(3-1)4-7-5-8-7/h5-6H,1-4H2. The molecule has 8 heavy (non-hydrogen) atoms. The van der Waals surface area contributed by atoms with Crippen LogP contribution in [0.1, 0.15) is 25.7 Å². The predicted molar refractivity (Wildman–Crippen MR) is 31.1 cm³/mol. The summed E-state index contributed by atoms with van der Waals surface area (Å²) in [5, 5.41) is 0. The Labute approximate surface area is 49.3 Å². The van der Waals surface area contributed by atoms with E-state index in [0.29, 0.717) is 0 Å². The first-order chi connectivity index (χ1) is 3.95. The first-order valence-corrected chi connectivity index (χ1v) is 3.31. The Kier molecular flexibility index (Phi) is 0.833. The average Bonchev–Trinajstić information content (AvgIpc) is 2.36. The molecule has 0 spiro atoms.